The molecule has 0 spiro atoms. The molecule has 41 heavy (non-hydrogen) atoms. The fraction of sp³-hybridized carbons (Fsp3) is 0.310. The van der Waals surface area contributed by atoms with E-state index in [1.165, 1.54) is 18.3 Å². The molecule has 0 radical (unpaired) electrons. The number of nitrogens with one attached hydrogen (secondary N) is 3. The fourth-order valence-corrected chi connectivity index (χ4v) is 5.32. The van der Waals surface area contributed by atoms with Crippen LogP contribution in [0.15, 0.2) is 54.9 Å². The van der Waals surface area contributed by atoms with Crippen molar-refractivity contribution in [2.75, 3.05) is 43.9 Å². The molecule has 214 valence electrons. The summed E-state index contributed by atoms with van der Waals surface area (Å²) in [5.74, 6) is -3.75. The summed E-state index contributed by atoms with van der Waals surface area (Å²) in [5.41, 5.74) is 2.18. The van der Waals surface area contributed by atoms with Gasteiger partial charge in [0, 0.05) is 63.3 Å². The van der Waals surface area contributed by atoms with Gasteiger partial charge in [0.1, 0.15) is 23.0 Å². The number of piperazine rings is 1. The van der Waals surface area contributed by atoms with E-state index in [1.807, 2.05) is 0 Å². The minimum Gasteiger partial charge on any atom is -0.456 e. The number of carbonyl (C=O) groups excluding carboxylic acids is 1. The second-order valence-corrected chi connectivity index (χ2v) is 10.9. The molecule has 1 unspecified atom stereocenters. The summed E-state index contributed by atoms with van der Waals surface area (Å²) in [5, 5.41) is 6.10. The summed E-state index contributed by atoms with van der Waals surface area (Å²) in [7, 11) is 2.06. The first-order chi connectivity index (χ1) is 19.7. The lowest BCUT2D eigenvalue weighted by Crippen LogP contribution is -2.44. The smallest absolute Gasteiger partial charge is 0.323 e. The number of pyridine rings is 1. The second kappa shape index (κ2) is 10.9. The number of alkyl halides is 2. The van der Waals surface area contributed by atoms with Gasteiger partial charge in [0.2, 0.25) is 0 Å². The van der Waals surface area contributed by atoms with Crippen molar-refractivity contribution >= 4 is 40.0 Å². The molecular weight excluding hydrogens is 557 g/mol. The zero-order valence-electron chi connectivity index (χ0n) is 22.2. The van der Waals surface area contributed by atoms with Crippen LogP contribution in [0.4, 0.5) is 29.3 Å². The predicted octanol–water partition coefficient (Wildman–Crippen LogP) is 6.66. The molecule has 1 atom stereocenters. The third-order valence-electron chi connectivity index (χ3n) is 7.50. The number of hydrogen-bond acceptors (Lipinski definition) is 5. The van der Waals surface area contributed by atoms with Crippen molar-refractivity contribution in [3.05, 3.63) is 76.8 Å². The molecule has 1 aliphatic heterocycles. The third-order valence-corrected chi connectivity index (χ3v) is 7.80. The van der Waals surface area contributed by atoms with E-state index < -0.39 is 23.7 Å². The van der Waals surface area contributed by atoms with Gasteiger partial charge in [-0.15, -0.1) is 0 Å². The van der Waals surface area contributed by atoms with E-state index >= 15 is 0 Å². The number of halogens is 4. The number of amides is 2. The van der Waals surface area contributed by atoms with Gasteiger partial charge in [-0.25, -0.2) is 22.9 Å². The number of anilines is 2. The first-order valence-corrected chi connectivity index (χ1v) is 13.6. The Morgan fingerprint density at radius 2 is 1.93 bits per heavy atom. The average Bonchev–Trinajstić information content (AvgIpc) is 3.40. The van der Waals surface area contributed by atoms with Gasteiger partial charge in [-0.3, -0.25) is 4.90 Å². The van der Waals surface area contributed by atoms with E-state index in [4.69, 9.17) is 16.3 Å². The lowest BCUT2D eigenvalue weighted by Gasteiger charge is -2.32. The normalized spacial score (nSPS) is 18.8. The molecule has 1 aliphatic carbocycles. The number of H-pyrrole nitrogens is 1. The summed E-state index contributed by atoms with van der Waals surface area (Å²) in [6.07, 6.45) is 2.91. The minimum absolute atomic E-state index is 0.0740. The Hall–Kier alpha value is -3.80. The highest BCUT2D eigenvalue weighted by Gasteiger charge is 2.58. The van der Waals surface area contributed by atoms with Crippen molar-refractivity contribution in [3.63, 3.8) is 0 Å². The molecule has 8 nitrogen and oxygen atoms in total. The van der Waals surface area contributed by atoms with Crippen molar-refractivity contribution in [3.8, 4) is 11.5 Å². The number of ether oxygens (including phenoxy) is 1. The standard InChI is InChI=1S/C29H28ClF3N6O2/c1-38-8-10-39(11-9-38)16-17-2-3-18(12-20(17)21-14-29(21,32)33)36-28(40)37-24-5-4-19(13-23(24)31)41-25-6-7-34-27-26(25)22(30)15-35-27/h2-7,12-13,15,21H,8-11,14,16H2,1H3,(H,34,35)(H2,36,37,40). The monoisotopic (exact) mass is 584 g/mol. The van der Waals surface area contributed by atoms with Crippen LogP contribution in [0.2, 0.25) is 5.02 Å². The number of carbonyl (C=O) groups is 1. The molecule has 6 rings (SSSR count). The van der Waals surface area contributed by atoms with Gasteiger partial charge in [-0.05, 0) is 48.5 Å². The largest absolute Gasteiger partial charge is 0.456 e. The Morgan fingerprint density at radius 3 is 2.66 bits per heavy atom. The van der Waals surface area contributed by atoms with Gasteiger partial charge in [-0.2, -0.15) is 0 Å². The number of nitrogens with zero attached hydrogens (tertiary/aromatic N) is 3. The van der Waals surface area contributed by atoms with Gasteiger partial charge < -0.3 is 25.3 Å². The first-order valence-electron chi connectivity index (χ1n) is 13.2. The van der Waals surface area contributed by atoms with E-state index in [1.54, 1.807) is 30.5 Å². The Kier molecular flexibility index (Phi) is 7.27. The van der Waals surface area contributed by atoms with Crippen LogP contribution in [0.25, 0.3) is 11.0 Å². The molecule has 3 N–H and O–H groups in total. The van der Waals surface area contributed by atoms with Gasteiger partial charge in [0.05, 0.1) is 22.0 Å². The molecule has 3 heterocycles. The van der Waals surface area contributed by atoms with Crippen LogP contribution in [0, 0.1) is 5.82 Å². The van der Waals surface area contributed by atoms with Gasteiger partial charge in [0.15, 0.2) is 0 Å². The van der Waals surface area contributed by atoms with Crippen molar-refractivity contribution in [1.29, 1.82) is 0 Å². The van der Waals surface area contributed by atoms with Crippen LogP contribution >= 0.6 is 11.6 Å². The van der Waals surface area contributed by atoms with Crippen molar-refractivity contribution in [1.82, 2.24) is 19.8 Å². The minimum atomic E-state index is -2.75. The molecule has 2 aromatic heterocycles. The Balaban J connectivity index is 1.13. The maximum absolute atomic E-state index is 14.9. The number of fused-ring (bicyclic) bond motifs is 1. The quantitative estimate of drug-likeness (QED) is 0.226. The Labute approximate surface area is 239 Å². The summed E-state index contributed by atoms with van der Waals surface area (Å²) >= 11 is 6.21. The first kappa shape index (κ1) is 27.4. The Bertz CT molecular complexity index is 1600. The van der Waals surface area contributed by atoms with Crippen molar-refractivity contribution < 1.29 is 22.7 Å². The van der Waals surface area contributed by atoms with Crippen LogP contribution in [0.3, 0.4) is 0 Å². The third kappa shape index (κ3) is 5.97. The van der Waals surface area contributed by atoms with Crippen LogP contribution in [-0.2, 0) is 6.54 Å². The summed E-state index contributed by atoms with van der Waals surface area (Å²) in [6, 6.07) is 10.0. The predicted molar refractivity (Wildman–Crippen MR) is 152 cm³/mol. The lowest BCUT2D eigenvalue weighted by atomic mass is 10.0. The fourth-order valence-electron chi connectivity index (χ4n) is 5.08. The number of hydrogen-bond donors (Lipinski definition) is 3. The zero-order chi connectivity index (χ0) is 28.7. The number of likely N-dealkylation sites (N-methyl/N-ethyl adjacent to an activating group) is 1. The van der Waals surface area contributed by atoms with Crippen LogP contribution in [0.5, 0.6) is 11.5 Å². The summed E-state index contributed by atoms with van der Waals surface area (Å²) in [6.45, 7) is 4.15. The van der Waals surface area contributed by atoms with Gasteiger partial charge in [0.25, 0.3) is 5.92 Å². The van der Waals surface area contributed by atoms with E-state index in [0.717, 1.165) is 37.8 Å². The molecule has 2 aliphatic rings. The number of rotatable bonds is 7. The Morgan fingerprint density at radius 1 is 1.15 bits per heavy atom. The van der Waals surface area contributed by atoms with Crippen molar-refractivity contribution in [2.45, 2.75) is 24.8 Å². The lowest BCUT2D eigenvalue weighted by molar-refractivity contribution is 0.111. The molecule has 2 amide bonds. The summed E-state index contributed by atoms with van der Waals surface area (Å²) in [4.78, 5) is 24.3. The zero-order valence-corrected chi connectivity index (χ0v) is 22.9. The number of benzene rings is 2. The number of aromatic amines is 1. The maximum Gasteiger partial charge on any atom is 0.323 e. The molecule has 1 saturated carbocycles. The highest BCUT2D eigenvalue weighted by Crippen LogP contribution is 2.57. The maximum atomic E-state index is 14.9. The number of urea groups is 1. The molecule has 1 saturated heterocycles. The summed E-state index contributed by atoms with van der Waals surface area (Å²) < 4.78 is 48.9. The highest BCUT2D eigenvalue weighted by molar-refractivity contribution is 6.36. The number of aromatic nitrogens is 2. The highest BCUT2D eigenvalue weighted by atomic mass is 35.5. The average molecular weight is 585 g/mol. The van der Waals surface area contributed by atoms with E-state index in [2.05, 4.69) is 37.4 Å². The van der Waals surface area contributed by atoms with Crippen LogP contribution in [0.1, 0.15) is 23.5 Å². The van der Waals surface area contributed by atoms with Gasteiger partial charge >= 0.3 is 6.03 Å². The molecular formula is C29H28ClF3N6O2. The van der Waals surface area contributed by atoms with E-state index in [-0.39, 0.29) is 17.9 Å². The molecule has 4 aromatic rings. The van der Waals surface area contributed by atoms with E-state index in [0.29, 0.717) is 39.6 Å². The van der Waals surface area contributed by atoms with Crippen molar-refractivity contribution in [2.24, 2.45) is 0 Å². The van der Waals surface area contributed by atoms with Gasteiger partial charge in [-0.1, -0.05) is 17.7 Å². The second-order valence-electron chi connectivity index (χ2n) is 10.5. The van der Waals surface area contributed by atoms with Crippen LogP contribution in [-0.4, -0.2) is 64.9 Å². The van der Waals surface area contributed by atoms with E-state index in [9.17, 15) is 18.0 Å². The molecule has 2 aromatic carbocycles. The molecule has 12 heteroatoms. The molecule has 2 fully saturated rings. The van der Waals surface area contributed by atoms with Crippen LogP contribution < -0.4 is 15.4 Å². The molecule has 0 bridgehead atoms. The topological polar surface area (TPSA) is 85.5 Å². The SMILES string of the molecule is CN1CCN(Cc2ccc(NC(=O)Nc3ccc(Oc4ccnc5[nH]cc(Cl)c45)cc3F)cc2C2CC2(F)F)CC1.